The van der Waals surface area contributed by atoms with Crippen molar-refractivity contribution in [3.8, 4) is 5.88 Å². The molecule has 0 aromatic carbocycles. The van der Waals surface area contributed by atoms with Crippen LogP contribution in [0.5, 0.6) is 5.88 Å². The lowest BCUT2D eigenvalue weighted by Gasteiger charge is -2.30. The predicted octanol–water partition coefficient (Wildman–Crippen LogP) is 2.06. The van der Waals surface area contributed by atoms with Crippen LogP contribution in [0.1, 0.15) is 41.7 Å². The molecule has 4 rings (SSSR count). The van der Waals surface area contributed by atoms with E-state index in [9.17, 15) is 4.79 Å². The Morgan fingerprint density at radius 3 is 2.68 bits per heavy atom. The molecular formula is C19H24N6O3. The van der Waals surface area contributed by atoms with Crippen molar-refractivity contribution in [2.45, 2.75) is 39.5 Å². The molecule has 1 amide bonds. The zero-order chi connectivity index (χ0) is 19.8. The number of carbonyl (C=O) groups excluding carboxylic acids is 1. The monoisotopic (exact) mass is 384 g/mol. The van der Waals surface area contributed by atoms with Crippen molar-refractivity contribution >= 4 is 16.9 Å². The number of aryl methyl sites for hydroxylation is 4. The van der Waals surface area contributed by atoms with E-state index in [1.807, 2.05) is 38.8 Å². The average molecular weight is 384 g/mol. The number of hydrogen-bond acceptors (Lipinski definition) is 7. The third-order valence-electron chi connectivity index (χ3n) is 5.16. The highest BCUT2D eigenvalue weighted by Gasteiger charge is 2.27. The molecule has 3 aromatic rings. The number of rotatable bonds is 4. The van der Waals surface area contributed by atoms with Crippen LogP contribution in [-0.2, 0) is 11.8 Å². The molecule has 1 aliphatic heterocycles. The molecular weight excluding hydrogens is 360 g/mol. The SMILES string of the molecule is Cc1cc(C)c2c(OCC(=O)N3CCC(c4nc(C)no4)CC3)nn(C)c2n1. The Labute approximate surface area is 162 Å². The van der Waals surface area contributed by atoms with E-state index in [1.54, 1.807) is 4.68 Å². The Kier molecular flexibility index (Phi) is 4.74. The molecule has 0 spiro atoms. The summed E-state index contributed by atoms with van der Waals surface area (Å²) in [7, 11) is 1.83. The van der Waals surface area contributed by atoms with Crippen molar-refractivity contribution in [1.29, 1.82) is 0 Å². The van der Waals surface area contributed by atoms with Crippen molar-refractivity contribution in [3.63, 3.8) is 0 Å². The van der Waals surface area contributed by atoms with Crippen LogP contribution in [0, 0.1) is 20.8 Å². The van der Waals surface area contributed by atoms with Crippen LogP contribution in [0.4, 0.5) is 0 Å². The van der Waals surface area contributed by atoms with Crippen molar-refractivity contribution in [3.05, 3.63) is 29.0 Å². The molecule has 1 fully saturated rings. The summed E-state index contributed by atoms with van der Waals surface area (Å²) in [6.07, 6.45) is 1.62. The van der Waals surface area contributed by atoms with Crippen LogP contribution in [-0.4, -0.2) is 55.4 Å². The van der Waals surface area contributed by atoms with Crippen molar-refractivity contribution in [2.75, 3.05) is 19.7 Å². The lowest BCUT2D eigenvalue weighted by Crippen LogP contribution is -2.40. The number of fused-ring (bicyclic) bond motifs is 1. The standard InChI is InChI=1S/C19H24N6O3/c1-11-9-12(2)20-17-16(11)19(22-24(17)4)27-10-15(26)25-7-5-14(6-8-25)18-21-13(3)23-28-18/h9,14H,5-8,10H2,1-4H3. The van der Waals surface area contributed by atoms with Crippen molar-refractivity contribution < 1.29 is 14.1 Å². The number of aromatic nitrogens is 5. The molecule has 0 bridgehead atoms. The first-order valence-electron chi connectivity index (χ1n) is 9.44. The van der Waals surface area contributed by atoms with Crippen molar-refractivity contribution in [2.24, 2.45) is 7.05 Å². The van der Waals surface area contributed by atoms with Crippen LogP contribution >= 0.6 is 0 Å². The number of piperidine rings is 1. The molecule has 1 saturated heterocycles. The van der Waals surface area contributed by atoms with E-state index in [4.69, 9.17) is 9.26 Å². The highest BCUT2D eigenvalue weighted by Crippen LogP contribution is 2.28. The summed E-state index contributed by atoms with van der Waals surface area (Å²) in [5, 5.41) is 9.10. The zero-order valence-corrected chi connectivity index (χ0v) is 16.6. The van der Waals surface area contributed by atoms with Crippen LogP contribution in [0.15, 0.2) is 10.6 Å². The largest absolute Gasteiger partial charge is 0.466 e. The smallest absolute Gasteiger partial charge is 0.260 e. The highest BCUT2D eigenvalue weighted by molar-refractivity contribution is 5.85. The first-order chi connectivity index (χ1) is 13.4. The van der Waals surface area contributed by atoms with Gasteiger partial charge in [-0.25, -0.2) is 9.67 Å². The Bertz CT molecular complexity index is 1020. The first-order valence-corrected chi connectivity index (χ1v) is 9.44. The first kappa shape index (κ1) is 18.4. The second kappa shape index (κ2) is 7.21. The van der Waals surface area contributed by atoms with Gasteiger partial charge in [0.25, 0.3) is 5.91 Å². The fraction of sp³-hybridized carbons (Fsp3) is 0.526. The summed E-state index contributed by atoms with van der Waals surface area (Å²) in [5.74, 6) is 1.93. The lowest BCUT2D eigenvalue weighted by atomic mass is 9.97. The van der Waals surface area contributed by atoms with Crippen molar-refractivity contribution in [1.82, 2.24) is 29.8 Å². The molecule has 9 nitrogen and oxygen atoms in total. The Morgan fingerprint density at radius 2 is 2.00 bits per heavy atom. The minimum absolute atomic E-state index is 0.0379. The van der Waals surface area contributed by atoms with E-state index in [0.29, 0.717) is 30.7 Å². The Hall–Kier alpha value is -2.97. The fourth-order valence-electron chi connectivity index (χ4n) is 3.73. The number of likely N-dealkylation sites (tertiary alicyclic amines) is 1. The molecule has 0 radical (unpaired) electrons. The number of carbonyl (C=O) groups is 1. The maximum absolute atomic E-state index is 12.6. The maximum atomic E-state index is 12.6. The van der Waals surface area contributed by atoms with Crippen LogP contribution in [0.2, 0.25) is 0 Å². The quantitative estimate of drug-likeness (QED) is 0.679. The molecule has 0 aliphatic carbocycles. The highest BCUT2D eigenvalue weighted by atomic mass is 16.5. The Morgan fingerprint density at radius 1 is 1.25 bits per heavy atom. The summed E-state index contributed by atoms with van der Waals surface area (Å²) in [5.41, 5.74) is 2.72. The van der Waals surface area contributed by atoms with Crippen LogP contribution in [0.3, 0.4) is 0 Å². The van der Waals surface area contributed by atoms with E-state index in [0.717, 1.165) is 35.1 Å². The minimum Gasteiger partial charge on any atom is -0.466 e. The molecule has 4 heterocycles. The van der Waals surface area contributed by atoms with Gasteiger partial charge in [-0.1, -0.05) is 5.16 Å². The summed E-state index contributed by atoms with van der Waals surface area (Å²) in [6.45, 7) is 7.01. The number of nitrogens with zero attached hydrogens (tertiary/aromatic N) is 6. The van der Waals surface area contributed by atoms with Gasteiger partial charge in [-0.3, -0.25) is 4.79 Å². The summed E-state index contributed by atoms with van der Waals surface area (Å²) < 4.78 is 12.7. The van der Waals surface area contributed by atoms with E-state index in [1.165, 1.54) is 0 Å². The van der Waals surface area contributed by atoms with Gasteiger partial charge in [0.1, 0.15) is 0 Å². The molecule has 9 heteroatoms. The molecule has 0 unspecified atom stereocenters. The van der Waals surface area contributed by atoms with Crippen LogP contribution < -0.4 is 4.74 Å². The van der Waals surface area contributed by atoms with E-state index in [-0.39, 0.29) is 18.4 Å². The normalized spacial score (nSPS) is 15.4. The molecule has 0 N–H and O–H groups in total. The van der Waals surface area contributed by atoms with E-state index in [2.05, 4.69) is 20.2 Å². The van der Waals surface area contributed by atoms with Gasteiger partial charge in [0.05, 0.1) is 5.39 Å². The van der Waals surface area contributed by atoms with Gasteiger partial charge in [-0.15, -0.1) is 5.10 Å². The van der Waals surface area contributed by atoms with Gasteiger partial charge in [-0.2, -0.15) is 4.98 Å². The Balaban J connectivity index is 1.38. The van der Waals surface area contributed by atoms with Gasteiger partial charge >= 0.3 is 0 Å². The summed E-state index contributed by atoms with van der Waals surface area (Å²) >= 11 is 0. The molecule has 0 atom stereocenters. The molecule has 3 aromatic heterocycles. The number of ether oxygens (including phenoxy) is 1. The number of amides is 1. The lowest BCUT2D eigenvalue weighted by molar-refractivity contribution is -0.134. The van der Waals surface area contributed by atoms with Gasteiger partial charge < -0.3 is 14.2 Å². The third kappa shape index (κ3) is 3.44. The van der Waals surface area contributed by atoms with Gasteiger partial charge in [-0.05, 0) is 45.2 Å². The molecule has 28 heavy (non-hydrogen) atoms. The number of hydrogen-bond donors (Lipinski definition) is 0. The van der Waals surface area contributed by atoms with E-state index < -0.39 is 0 Å². The van der Waals surface area contributed by atoms with Gasteiger partial charge in [0, 0.05) is 31.7 Å². The second-order valence-corrected chi connectivity index (χ2v) is 7.33. The summed E-state index contributed by atoms with van der Waals surface area (Å²) in [4.78, 5) is 23.2. The third-order valence-corrected chi connectivity index (χ3v) is 5.16. The van der Waals surface area contributed by atoms with E-state index >= 15 is 0 Å². The second-order valence-electron chi connectivity index (χ2n) is 7.33. The van der Waals surface area contributed by atoms with Crippen LogP contribution in [0.25, 0.3) is 11.0 Å². The van der Waals surface area contributed by atoms with Gasteiger partial charge in [0.15, 0.2) is 18.1 Å². The number of pyridine rings is 1. The maximum Gasteiger partial charge on any atom is 0.260 e. The predicted molar refractivity (Wildman–Crippen MR) is 101 cm³/mol. The zero-order valence-electron chi connectivity index (χ0n) is 16.6. The average Bonchev–Trinajstić information content (AvgIpc) is 3.23. The van der Waals surface area contributed by atoms with Gasteiger partial charge in [0.2, 0.25) is 11.8 Å². The fourth-order valence-corrected chi connectivity index (χ4v) is 3.73. The summed E-state index contributed by atoms with van der Waals surface area (Å²) in [6, 6.07) is 1.99. The molecule has 148 valence electrons. The topological polar surface area (TPSA) is 99.2 Å². The minimum atomic E-state index is -0.0447. The molecule has 1 aliphatic rings. The molecule has 0 saturated carbocycles.